The monoisotopic (exact) mass is 460 g/mol. The summed E-state index contributed by atoms with van der Waals surface area (Å²) in [5.41, 5.74) is 3.29. The molecule has 3 aromatic heterocycles. The molecule has 1 aromatic carbocycles. The molecule has 0 N–H and O–H groups in total. The van der Waals surface area contributed by atoms with E-state index in [0.29, 0.717) is 18.0 Å². The van der Waals surface area contributed by atoms with Gasteiger partial charge in [0.1, 0.15) is 0 Å². The summed E-state index contributed by atoms with van der Waals surface area (Å²) in [6.45, 7) is 5.26. The Morgan fingerprint density at radius 1 is 1.26 bits per heavy atom. The van der Waals surface area contributed by atoms with E-state index >= 15 is 0 Å². The molecule has 3 heterocycles. The van der Waals surface area contributed by atoms with Crippen LogP contribution in [0.25, 0.3) is 10.2 Å². The number of thiophene rings is 1. The van der Waals surface area contributed by atoms with E-state index in [0.717, 1.165) is 24.7 Å². The molecule has 1 amide bonds. The smallest absolute Gasteiger partial charge is 0.270 e. The Morgan fingerprint density at radius 2 is 2.11 bits per heavy atom. The van der Waals surface area contributed by atoms with Crippen LogP contribution in [0.1, 0.15) is 20.8 Å². The molecule has 4 aromatic rings. The van der Waals surface area contributed by atoms with Gasteiger partial charge in [0.25, 0.3) is 5.91 Å². The first-order chi connectivity index (χ1) is 13.0. The van der Waals surface area contributed by atoms with Crippen molar-refractivity contribution in [2.45, 2.75) is 20.4 Å². The predicted molar refractivity (Wildman–Crippen MR) is 115 cm³/mol. The van der Waals surface area contributed by atoms with E-state index in [1.807, 2.05) is 29.1 Å². The van der Waals surface area contributed by atoms with E-state index in [1.54, 1.807) is 22.4 Å². The van der Waals surface area contributed by atoms with Gasteiger partial charge >= 0.3 is 0 Å². The number of aromatic nitrogens is 3. The van der Waals surface area contributed by atoms with Gasteiger partial charge in [0.2, 0.25) is 0 Å². The maximum atomic E-state index is 13.2. The number of aryl methyl sites for hydroxylation is 2. The zero-order valence-electron chi connectivity index (χ0n) is 14.8. The third-order valence-corrected chi connectivity index (χ3v) is 6.83. The molecule has 138 valence electrons. The topological polar surface area (TPSA) is 51.0 Å². The summed E-state index contributed by atoms with van der Waals surface area (Å²) in [6.07, 6.45) is 3.64. The quantitative estimate of drug-likeness (QED) is 0.406. The molecule has 0 bridgehead atoms. The van der Waals surface area contributed by atoms with Gasteiger partial charge in [0.15, 0.2) is 5.13 Å². The van der Waals surface area contributed by atoms with Gasteiger partial charge < -0.3 is 0 Å². The Bertz CT molecular complexity index is 1100. The molecule has 0 saturated heterocycles. The number of halogens is 1. The van der Waals surface area contributed by atoms with E-state index in [2.05, 4.69) is 47.0 Å². The van der Waals surface area contributed by atoms with Gasteiger partial charge in [0, 0.05) is 18.9 Å². The maximum absolute atomic E-state index is 13.2. The van der Waals surface area contributed by atoms with Gasteiger partial charge in [-0.3, -0.25) is 14.4 Å². The summed E-state index contributed by atoms with van der Waals surface area (Å²) >= 11 is 6.44. The summed E-state index contributed by atoms with van der Waals surface area (Å²) in [7, 11) is 0. The highest BCUT2D eigenvalue weighted by molar-refractivity contribution is 9.11. The third kappa shape index (κ3) is 3.83. The zero-order valence-corrected chi connectivity index (χ0v) is 18.1. The Labute approximate surface area is 173 Å². The number of hydrogen-bond acceptors (Lipinski definition) is 5. The van der Waals surface area contributed by atoms with Gasteiger partial charge in [-0.05, 0) is 65.2 Å². The van der Waals surface area contributed by atoms with Crippen molar-refractivity contribution in [3.63, 3.8) is 0 Å². The van der Waals surface area contributed by atoms with Crippen molar-refractivity contribution in [2.75, 3.05) is 11.4 Å². The fourth-order valence-electron chi connectivity index (χ4n) is 2.96. The van der Waals surface area contributed by atoms with Crippen molar-refractivity contribution >= 4 is 59.9 Å². The molecule has 4 rings (SSSR count). The molecule has 0 aliphatic rings. The second-order valence-electron chi connectivity index (χ2n) is 6.25. The molecular formula is C19H17BrN4OS2. The van der Waals surface area contributed by atoms with Gasteiger partial charge in [-0.15, -0.1) is 11.3 Å². The molecule has 0 spiro atoms. The number of nitrogens with zero attached hydrogens (tertiary/aromatic N) is 4. The number of benzene rings is 1. The summed E-state index contributed by atoms with van der Waals surface area (Å²) in [5, 5.41) is 4.97. The van der Waals surface area contributed by atoms with Crippen LogP contribution in [-0.2, 0) is 6.54 Å². The number of carbonyl (C=O) groups excluding carboxylic acids is 1. The van der Waals surface area contributed by atoms with E-state index in [4.69, 9.17) is 4.98 Å². The zero-order chi connectivity index (χ0) is 19.0. The molecule has 0 unspecified atom stereocenters. The van der Waals surface area contributed by atoms with Crippen molar-refractivity contribution in [1.82, 2.24) is 14.8 Å². The van der Waals surface area contributed by atoms with Crippen molar-refractivity contribution in [3.05, 3.63) is 62.5 Å². The minimum absolute atomic E-state index is 0.0358. The van der Waals surface area contributed by atoms with Gasteiger partial charge in [-0.2, -0.15) is 5.10 Å². The average molecular weight is 461 g/mol. The molecule has 27 heavy (non-hydrogen) atoms. The fourth-order valence-corrected chi connectivity index (χ4v) is 5.46. The maximum Gasteiger partial charge on any atom is 0.270 e. The second kappa shape index (κ2) is 7.53. The average Bonchev–Trinajstić information content (AvgIpc) is 3.35. The van der Waals surface area contributed by atoms with Crippen LogP contribution in [0.3, 0.4) is 0 Å². The lowest BCUT2D eigenvalue weighted by Crippen LogP contribution is -2.33. The van der Waals surface area contributed by atoms with Crippen LogP contribution < -0.4 is 4.90 Å². The van der Waals surface area contributed by atoms with Gasteiger partial charge in [0.05, 0.1) is 25.4 Å². The molecule has 0 aliphatic carbocycles. The van der Waals surface area contributed by atoms with Crippen LogP contribution in [0.2, 0.25) is 0 Å². The molecule has 8 heteroatoms. The molecule has 0 aliphatic heterocycles. The fraction of sp³-hybridized carbons (Fsp3) is 0.211. The van der Waals surface area contributed by atoms with E-state index in [1.165, 1.54) is 16.9 Å². The van der Waals surface area contributed by atoms with Crippen molar-refractivity contribution < 1.29 is 4.79 Å². The highest BCUT2D eigenvalue weighted by Gasteiger charge is 2.23. The summed E-state index contributed by atoms with van der Waals surface area (Å²) in [6, 6.07) is 9.88. The Morgan fingerprint density at radius 3 is 2.81 bits per heavy atom. The van der Waals surface area contributed by atoms with E-state index in [9.17, 15) is 4.79 Å². The first-order valence-electron chi connectivity index (χ1n) is 8.43. The Hall–Kier alpha value is -2.03. The van der Waals surface area contributed by atoms with Gasteiger partial charge in [-0.1, -0.05) is 17.4 Å². The minimum Gasteiger partial charge on any atom is -0.281 e. The lowest BCUT2D eigenvalue weighted by molar-refractivity contribution is 0.0989. The molecule has 5 nitrogen and oxygen atoms in total. The third-order valence-electron chi connectivity index (χ3n) is 4.19. The number of fused-ring (bicyclic) bond motifs is 1. The SMILES string of the molecule is Cc1cc(C)c2nc(N(CCn3cccn3)C(=O)c3ccc(Br)s3)sc2c1. The summed E-state index contributed by atoms with van der Waals surface area (Å²) in [5.74, 6) is -0.0358. The Balaban J connectivity index is 1.72. The first-order valence-corrected chi connectivity index (χ1v) is 10.9. The van der Waals surface area contributed by atoms with Crippen molar-refractivity contribution in [2.24, 2.45) is 0 Å². The van der Waals surface area contributed by atoms with Crippen molar-refractivity contribution in [1.29, 1.82) is 0 Å². The summed E-state index contributed by atoms with van der Waals surface area (Å²) < 4.78 is 3.87. The lowest BCUT2D eigenvalue weighted by atomic mass is 10.1. The number of hydrogen-bond donors (Lipinski definition) is 0. The normalized spacial score (nSPS) is 11.2. The van der Waals surface area contributed by atoms with Crippen LogP contribution in [0, 0.1) is 13.8 Å². The number of amides is 1. The lowest BCUT2D eigenvalue weighted by Gasteiger charge is -2.19. The highest BCUT2D eigenvalue weighted by Crippen LogP contribution is 2.33. The highest BCUT2D eigenvalue weighted by atomic mass is 79.9. The van der Waals surface area contributed by atoms with Crippen LogP contribution in [0.15, 0.2) is 46.5 Å². The molecular weight excluding hydrogens is 444 g/mol. The van der Waals surface area contributed by atoms with E-state index < -0.39 is 0 Å². The van der Waals surface area contributed by atoms with Crippen LogP contribution in [-0.4, -0.2) is 27.2 Å². The van der Waals surface area contributed by atoms with E-state index in [-0.39, 0.29) is 5.91 Å². The number of carbonyl (C=O) groups is 1. The van der Waals surface area contributed by atoms with Crippen LogP contribution in [0.5, 0.6) is 0 Å². The minimum atomic E-state index is -0.0358. The molecule has 0 atom stereocenters. The van der Waals surface area contributed by atoms with Crippen LogP contribution in [0.4, 0.5) is 5.13 Å². The largest absolute Gasteiger partial charge is 0.281 e. The number of anilines is 1. The number of thiazole rings is 1. The Kier molecular flexibility index (Phi) is 5.12. The van der Waals surface area contributed by atoms with Gasteiger partial charge in [-0.25, -0.2) is 4.98 Å². The molecule has 0 fully saturated rings. The number of rotatable bonds is 5. The van der Waals surface area contributed by atoms with Crippen molar-refractivity contribution in [3.8, 4) is 0 Å². The van der Waals surface area contributed by atoms with Crippen LogP contribution >= 0.6 is 38.6 Å². The standard InChI is InChI=1S/C19H17BrN4OS2/c1-12-10-13(2)17-15(11-12)27-19(22-17)24(9-8-23-7-3-6-21-23)18(25)14-4-5-16(20)26-14/h3-7,10-11H,8-9H2,1-2H3. The molecule has 0 saturated carbocycles. The second-order valence-corrected chi connectivity index (χ2v) is 9.73. The first kappa shape index (κ1) is 18.3. The summed E-state index contributed by atoms with van der Waals surface area (Å²) in [4.78, 5) is 20.4. The molecule has 0 radical (unpaired) electrons. The predicted octanol–water partition coefficient (Wildman–Crippen LogP) is 5.28.